The van der Waals surface area contributed by atoms with Gasteiger partial charge in [-0.2, -0.15) is 0 Å². The van der Waals surface area contributed by atoms with Crippen molar-refractivity contribution in [3.8, 4) is 5.75 Å². The van der Waals surface area contributed by atoms with Crippen LogP contribution in [0, 0.1) is 0 Å². The smallest absolute Gasteiger partial charge is 0.119 e. The van der Waals surface area contributed by atoms with Gasteiger partial charge >= 0.3 is 0 Å². The number of hydrogen-bond donors (Lipinski definition) is 1. The highest BCUT2D eigenvalue weighted by Gasteiger charge is 2.27. The van der Waals surface area contributed by atoms with Gasteiger partial charge in [0.2, 0.25) is 0 Å². The van der Waals surface area contributed by atoms with E-state index in [-0.39, 0.29) is 5.54 Å². The SMILES string of the molecule is COc1cccc(CC2(C)COCCN2)c1. The van der Waals surface area contributed by atoms with Crippen LogP contribution < -0.4 is 10.1 Å². The lowest BCUT2D eigenvalue weighted by Gasteiger charge is -2.35. The first-order valence-corrected chi connectivity index (χ1v) is 5.68. The fourth-order valence-electron chi connectivity index (χ4n) is 2.12. The molecule has 0 amide bonds. The average Bonchev–Trinajstić information content (AvgIpc) is 2.29. The molecule has 0 saturated carbocycles. The number of methoxy groups -OCH3 is 1. The zero-order valence-corrected chi connectivity index (χ0v) is 9.95. The minimum atomic E-state index is 0.0462. The van der Waals surface area contributed by atoms with Gasteiger partial charge in [0.25, 0.3) is 0 Å². The molecule has 3 nitrogen and oxygen atoms in total. The van der Waals surface area contributed by atoms with Crippen LogP contribution in [0.15, 0.2) is 24.3 Å². The van der Waals surface area contributed by atoms with Crippen LogP contribution in [0.4, 0.5) is 0 Å². The third-order valence-corrected chi connectivity index (χ3v) is 2.95. The molecule has 1 aliphatic rings. The number of hydrogen-bond acceptors (Lipinski definition) is 3. The molecule has 3 heteroatoms. The van der Waals surface area contributed by atoms with Crippen LogP contribution in [0.1, 0.15) is 12.5 Å². The summed E-state index contributed by atoms with van der Waals surface area (Å²) in [6.07, 6.45) is 0.962. The van der Waals surface area contributed by atoms with Crippen molar-refractivity contribution in [1.82, 2.24) is 5.32 Å². The zero-order chi connectivity index (χ0) is 11.4. The second-order valence-corrected chi connectivity index (χ2v) is 4.57. The lowest BCUT2D eigenvalue weighted by molar-refractivity contribution is 0.0355. The Bertz CT molecular complexity index is 346. The molecule has 1 atom stereocenters. The highest BCUT2D eigenvalue weighted by atomic mass is 16.5. The highest BCUT2D eigenvalue weighted by molar-refractivity contribution is 5.29. The number of morpholine rings is 1. The fraction of sp³-hybridized carbons (Fsp3) is 0.538. The third-order valence-electron chi connectivity index (χ3n) is 2.95. The summed E-state index contributed by atoms with van der Waals surface area (Å²) in [6.45, 7) is 4.71. The molecule has 16 heavy (non-hydrogen) atoms. The van der Waals surface area contributed by atoms with Crippen LogP contribution in [0.3, 0.4) is 0 Å². The topological polar surface area (TPSA) is 30.5 Å². The van der Waals surface area contributed by atoms with E-state index in [1.807, 2.05) is 12.1 Å². The van der Waals surface area contributed by atoms with Crippen molar-refractivity contribution in [3.63, 3.8) is 0 Å². The quantitative estimate of drug-likeness (QED) is 0.841. The number of rotatable bonds is 3. The van der Waals surface area contributed by atoms with E-state index >= 15 is 0 Å². The number of ether oxygens (including phenoxy) is 2. The Balaban J connectivity index is 2.07. The molecule has 1 N–H and O–H groups in total. The van der Waals surface area contributed by atoms with Crippen LogP contribution >= 0.6 is 0 Å². The minimum absolute atomic E-state index is 0.0462. The van der Waals surface area contributed by atoms with E-state index < -0.39 is 0 Å². The van der Waals surface area contributed by atoms with Crippen LogP contribution in [0.2, 0.25) is 0 Å². The molecule has 88 valence electrons. The molecular weight excluding hydrogens is 202 g/mol. The molecule has 0 aromatic heterocycles. The molecule has 0 spiro atoms. The second-order valence-electron chi connectivity index (χ2n) is 4.57. The summed E-state index contributed by atoms with van der Waals surface area (Å²) in [6, 6.07) is 8.21. The Morgan fingerprint density at radius 1 is 1.50 bits per heavy atom. The molecule has 0 radical (unpaired) electrons. The Labute approximate surface area is 96.8 Å². The molecule has 1 unspecified atom stereocenters. The fourth-order valence-corrected chi connectivity index (χ4v) is 2.12. The van der Waals surface area contributed by atoms with Gasteiger partial charge in [0.1, 0.15) is 5.75 Å². The highest BCUT2D eigenvalue weighted by Crippen LogP contribution is 2.19. The van der Waals surface area contributed by atoms with Gasteiger partial charge in [-0.25, -0.2) is 0 Å². The summed E-state index contributed by atoms with van der Waals surface area (Å²) in [5.41, 5.74) is 1.32. The van der Waals surface area contributed by atoms with Crippen molar-refractivity contribution in [1.29, 1.82) is 0 Å². The van der Waals surface area contributed by atoms with Gasteiger partial charge in [0, 0.05) is 12.1 Å². The standard InChI is InChI=1S/C13H19NO2/c1-13(10-16-7-6-14-13)9-11-4-3-5-12(8-11)15-2/h3-5,8,14H,6-7,9-10H2,1-2H3. The zero-order valence-electron chi connectivity index (χ0n) is 9.95. The van der Waals surface area contributed by atoms with Crippen LogP contribution in [0.25, 0.3) is 0 Å². The molecule has 0 aliphatic carbocycles. The molecule has 1 aromatic rings. The maximum atomic E-state index is 5.52. The summed E-state index contributed by atoms with van der Waals surface area (Å²) >= 11 is 0. The Morgan fingerprint density at radius 3 is 3.06 bits per heavy atom. The van der Waals surface area contributed by atoms with Gasteiger partial charge in [0.05, 0.1) is 20.3 Å². The molecule has 1 heterocycles. The van der Waals surface area contributed by atoms with Gasteiger partial charge in [-0.1, -0.05) is 12.1 Å². The third kappa shape index (κ3) is 2.74. The maximum absolute atomic E-state index is 5.52. The normalized spacial score (nSPS) is 25.4. The minimum Gasteiger partial charge on any atom is -0.497 e. The Morgan fingerprint density at radius 2 is 2.38 bits per heavy atom. The van der Waals surface area contributed by atoms with E-state index in [9.17, 15) is 0 Å². The molecule has 1 aliphatic heterocycles. The van der Waals surface area contributed by atoms with Gasteiger partial charge in [-0.15, -0.1) is 0 Å². The predicted octanol–water partition coefficient (Wildman–Crippen LogP) is 1.62. The monoisotopic (exact) mass is 221 g/mol. The summed E-state index contributed by atoms with van der Waals surface area (Å²) in [4.78, 5) is 0. The molecule has 1 fully saturated rings. The lowest BCUT2D eigenvalue weighted by Crippen LogP contribution is -2.53. The van der Waals surface area contributed by atoms with Crippen LogP contribution in [-0.4, -0.2) is 32.4 Å². The largest absolute Gasteiger partial charge is 0.497 e. The van der Waals surface area contributed by atoms with E-state index in [1.165, 1.54) is 5.56 Å². The number of benzene rings is 1. The molecular formula is C13H19NO2. The molecule has 1 aromatic carbocycles. The van der Waals surface area contributed by atoms with Crippen LogP contribution in [-0.2, 0) is 11.2 Å². The van der Waals surface area contributed by atoms with Gasteiger partial charge in [-0.05, 0) is 31.0 Å². The van der Waals surface area contributed by atoms with Crippen molar-refractivity contribution < 1.29 is 9.47 Å². The first kappa shape index (κ1) is 11.4. The summed E-state index contributed by atoms with van der Waals surface area (Å²) in [5, 5.41) is 3.52. The van der Waals surface area contributed by atoms with Gasteiger partial charge in [0.15, 0.2) is 0 Å². The lowest BCUT2D eigenvalue weighted by atomic mass is 9.92. The molecule has 1 saturated heterocycles. The van der Waals surface area contributed by atoms with Crippen molar-refractivity contribution in [3.05, 3.63) is 29.8 Å². The van der Waals surface area contributed by atoms with Crippen molar-refractivity contribution in [2.45, 2.75) is 18.9 Å². The van der Waals surface area contributed by atoms with Crippen molar-refractivity contribution in [2.24, 2.45) is 0 Å². The van der Waals surface area contributed by atoms with E-state index in [1.54, 1.807) is 7.11 Å². The number of nitrogens with one attached hydrogen (secondary N) is 1. The summed E-state index contributed by atoms with van der Waals surface area (Å²) in [5.74, 6) is 0.915. The first-order chi connectivity index (χ1) is 7.72. The van der Waals surface area contributed by atoms with Crippen LogP contribution in [0.5, 0.6) is 5.75 Å². The predicted molar refractivity (Wildman–Crippen MR) is 63.9 cm³/mol. The average molecular weight is 221 g/mol. The first-order valence-electron chi connectivity index (χ1n) is 5.68. The summed E-state index contributed by atoms with van der Waals surface area (Å²) in [7, 11) is 1.70. The van der Waals surface area contributed by atoms with Gasteiger partial charge in [-0.3, -0.25) is 0 Å². The van der Waals surface area contributed by atoms with E-state index in [0.717, 1.165) is 31.9 Å². The molecule has 0 bridgehead atoms. The van der Waals surface area contributed by atoms with E-state index in [4.69, 9.17) is 9.47 Å². The van der Waals surface area contributed by atoms with E-state index in [2.05, 4.69) is 24.4 Å². The van der Waals surface area contributed by atoms with Crippen molar-refractivity contribution >= 4 is 0 Å². The van der Waals surface area contributed by atoms with E-state index in [0.29, 0.717) is 0 Å². The second kappa shape index (κ2) is 4.85. The van der Waals surface area contributed by atoms with Gasteiger partial charge < -0.3 is 14.8 Å². The maximum Gasteiger partial charge on any atom is 0.119 e. The Kier molecular flexibility index (Phi) is 3.46. The van der Waals surface area contributed by atoms with Crippen molar-refractivity contribution in [2.75, 3.05) is 26.9 Å². The Hall–Kier alpha value is -1.06. The molecule has 2 rings (SSSR count). The summed E-state index contributed by atoms with van der Waals surface area (Å²) < 4.78 is 10.7.